The molecule has 3 aromatic rings. The van der Waals surface area contributed by atoms with Crippen LogP contribution in [0.3, 0.4) is 0 Å². The van der Waals surface area contributed by atoms with Gasteiger partial charge >= 0.3 is 0 Å². The van der Waals surface area contributed by atoms with Crippen LogP contribution in [0.15, 0.2) is 78.0 Å². The molecule has 1 atom stereocenters. The molecule has 11 heteroatoms. The zero-order valence-electron chi connectivity index (χ0n) is 27.1. The summed E-state index contributed by atoms with van der Waals surface area (Å²) in [6.45, 7) is 11.6. The van der Waals surface area contributed by atoms with Gasteiger partial charge < -0.3 is 25.7 Å². The average Bonchev–Trinajstić information content (AvgIpc) is 3.80. The number of rotatable bonds is 16. The number of carbonyl (C=O) groups excluding carboxylic acids is 4. The van der Waals surface area contributed by atoms with Crippen LogP contribution in [0.25, 0.3) is 11.0 Å². The smallest absolute Gasteiger partial charge is 0.264 e. The zero-order chi connectivity index (χ0) is 33.3. The van der Waals surface area contributed by atoms with E-state index >= 15 is 0 Å². The van der Waals surface area contributed by atoms with Crippen molar-refractivity contribution in [3.63, 3.8) is 0 Å². The van der Waals surface area contributed by atoms with Gasteiger partial charge in [0, 0.05) is 35.7 Å². The summed E-state index contributed by atoms with van der Waals surface area (Å²) in [4.78, 5) is 62.3. The van der Waals surface area contributed by atoms with E-state index in [2.05, 4.69) is 32.4 Å². The van der Waals surface area contributed by atoms with E-state index in [-0.39, 0.29) is 17.1 Å². The zero-order valence-corrected chi connectivity index (χ0v) is 27.1. The third-order valence-electron chi connectivity index (χ3n) is 8.49. The summed E-state index contributed by atoms with van der Waals surface area (Å²) < 4.78 is 0. The van der Waals surface area contributed by atoms with Gasteiger partial charge in [0.15, 0.2) is 0 Å². The maximum absolute atomic E-state index is 13.2. The van der Waals surface area contributed by atoms with Crippen LogP contribution < -0.4 is 16.0 Å². The van der Waals surface area contributed by atoms with E-state index in [0.29, 0.717) is 55.6 Å². The Labute approximate surface area is 275 Å². The number of hydrogen-bond donors (Lipinski definition) is 4. The van der Waals surface area contributed by atoms with Crippen LogP contribution in [0.1, 0.15) is 62.1 Å². The first-order chi connectivity index (χ1) is 22.9. The van der Waals surface area contributed by atoms with Crippen LogP contribution in [-0.2, 0) is 20.9 Å². The fraction of sp³-hybridized carbons (Fsp3) is 0.361. The van der Waals surface area contributed by atoms with Gasteiger partial charge in [-0.2, -0.15) is 0 Å². The number of benzene rings is 2. The Hall–Kier alpha value is -5.03. The Kier molecular flexibility index (Phi) is 11.0. The van der Waals surface area contributed by atoms with Gasteiger partial charge in [0.2, 0.25) is 0 Å². The normalized spacial score (nSPS) is 16.2. The number of hydrogen-bond acceptors (Lipinski definition) is 8. The lowest BCUT2D eigenvalue weighted by Gasteiger charge is -2.22. The molecule has 246 valence electrons. The van der Waals surface area contributed by atoms with E-state index in [1.54, 1.807) is 25.1 Å². The van der Waals surface area contributed by atoms with Gasteiger partial charge in [-0.1, -0.05) is 32.1 Å². The molecule has 0 saturated carbocycles. The second-order valence-electron chi connectivity index (χ2n) is 11.8. The van der Waals surface area contributed by atoms with E-state index < -0.39 is 17.9 Å². The molecule has 47 heavy (non-hydrogen) atoms. The van der Waals surface area contributed by atoms with E-state index in [9.17, 15) is 19.2 Å². The highest BCUT2D eigenvalue weighted by Crippen LogP contribution is 2.29. The highest BCUT2D eigenvalue weighted by Gasteiger charge is 2.41. The molecule has 0 radical (unpaired) electrons. The number of H-pyrrole nitrogens is 1. The van der Waals surface area contributed by atoms with Crippen molar-refractivity contribution < 1.29 is 19.2 Å². The lowest BCUT2D eigenvalue weighted by atomic mass is 10.1. The Morgan fingerprint density at radius 1 is 1.06 bits per heavy atom. The molecule has 0 aliphatic carbocycles. The molecular weight excluding hydrogens is 594 g/mol. The van der Waals surface area contributed by atoms with Crippen molar-refractivity contribution in [3.8, 4) is 0 Å². The Morgan fingerprint density at radius 2 is 1.81 bits per heavy atom. The summed E-state index contributed by atoms with van der Waals surface area (Å²) in [5, 5.41) is 9.59. The van der Waals surface area contributed by atoms with Crippen LogP contribution in [-0.4, -0.2) is 76.0 Å². The quantitative estimate of drug-likeness (QED) is 0.0986. The minimum atomic E-state index is -0.795. The summed E-state index contributed by atoms with van der Waals surface area (Å²) in [6, 6.07) is 12.2. The van der Waals surface area contributed by atoms with Crippen LogP contribution in [0.2, 0.25) is 0 Å². The van der Waals surface area contributed by atoms with Crippen LogP contribution in [0.5, 0.6) is 0 Å². The first-order valence-electron chi connectivity index (χ1n) is 16.3. The number of imidazole rings is 1. The minimum absolute atomic E-state index is 0.198. The maximum Gasteiger partial charge on any atom is 0.264 e. The molecule has 4 N–H and O–H groups in total. The number of aldehydes is 1. The summed E-state index contributed by atoms with van der Waals surface area (Å²) in [5.74, 6) is -0.237. The average molecular weight is 638 g/mol. The number of aromatic nitrogens is 2. The second-order valence-corrected chi connectivity index (χ2v) is 11.8. The van der Waals surface area contributed by atoms with Gasteiger partial charge in [0.1, 0.15) is 12.1 Å². The monoisotopic (exact) mass is 637 g/mol. The molecule has 3 heterocycles. The van der Waals surface area contributed by atoms with Crippen molar-refractivity contribution in [1.82, 2.24) is 25.1 Å². The van der Waals surface area contributed by atoms with Crippen molar-refractivity contribution in [2.24, 2.45) is 0 Å². The van der Waals surface area contributed by atoms with Gasteiger partial charge in [0.25, 0.3) is 17.7 Å². The number of amides is 3. The van der Waals surface area contributed by atoms with E-state index in [1.807, 2.05) is 37.3 Å². The van der Waals surface area contributed by atoms with Gasteiger partial charge in [-0.25, -0.2) is 4.98 Å². The van der Waals surface area contributed by atoms with Crippen molar-refractivity contribution in [1.29, 1.82) is 0 Å². The summed E-state index contributed by atoms with van der Waals surface area (Å²) in [7, 11) is 0. The molecule has 1 aromatic heterocycles. The van der Waals surface area contributed by atoms with Crippen molar-refractivity contribution in [2.75, 3.05) is 36.8 Å². The number of nitrogens with zero attached hydrogens (tertiary/aromatic N) is 3. The fourth-order valence-corrected chi connectivity index (χ4v) is 6.06. The number of allylic oxidation sites excluding steroid dienone is 1. The number of carbonyl (C=O) groups is 4. The lowest BCUT2D eigenvalue weighted by molar-refractivity contribution is -0.142. The van der Waals surface area contributed by atoms with E-state index in [0.717, 1.165) is 47.1 Å². The topological polar surface area (TPSA) is 140 Å². The molecule has 1 fully saturated rings. The molecular formula is C36H43N7O4. The summed E-state index contributed by atoms with van der Waals surface area (Å²) in [5.41, 5.74) is 4.87. The highest BCUT2D eigenvalue weighted by atomic mass is 16.2. The lowest BCUT2D eigenvalue weighted by Crippen LogP contribution is -2.42. The van der Waals surface area contributed by atoms with Crippen LogP contribution in [0, 0.1) is 0 Å². The molecule has 1 saturated heterocycles. The number of likely N-dealkylation sites (tertiary alicyclic amines) is 1. The molecule has 5 rings (SSSR count). The third kappa shape index (κ3) is 7.69. The van der Waals surface area contributed by atoms with Gasteiger partial charge in [-0.05, 0) is 88.2 Å². The van der Waals surface area contributed by atoms with Crippen molar-refractivity contribution >= 4 is 46.4 Å². The second kappa shape index (κ2) is 15.5. The van der Waals surface area contributed by atoms with E-state index in [4.69, 9.17) is 4.98 Å². The summed E-state index contributed by atoms with van der Waals surface area (Å²) in [6.07, 6.45) is 8.05. The number of nitrogens with one attached hydrogen (secondary N) is 4. The minimum Gasteiger partial charge on any atom is -0.385 e. The number of aromatic amines is 1. The molecule has 2 aliphatic heterocycles. The molecule has 0 spiro atoms. The Morgan fingerprint density at radius 3 is 2.49 bits per heavy atom. The Bertz CT molecular complexity index is 1700. The van der Waals surface area contributed by atoms with Crippen LogP contribution >= 0.6 is 0 Å². The SMILES string of the molecule is C=CC1=C(/C(=C\C)NCCCNc2ccc(C(=O)Nc3ccc4nc(CN5CCCC5)[nH]c4c3)cc2)C(=O)N(C(C=O)CCC)C1=O. The third-order valence-corrected chi connectivity index (χ3v) is 8.49. The largest absolute Gasteiger partial charge is 0.385 e. The predicted octanol–water partition coefficient (Wildman–Crippen LogP) is 4.93. The molecule has 1 unspecified atom stereocenters. The molecule has 0 bridgehead atoms. The van der Waals surface area contributed by atoms with Gasteiger partial charge in [0.05, 0.1) is 34.8 Å². The fourth-order valence-electron chi connectivity index (χ4n) is 6.06. The number of fused-ring (bicyclic) bond motifs is 1. The van der Waals surface area contributed by atoms with Gasteiger partial charge in [-0.15, -0.1) is 0 Å². The Balaban J connectivity index is 1.09. The first kappa shape index (κ1) is 33.3. The molecule has 2 aromatic carbocycles. The van der Waals surface area contributed by atoms with Crippen LogP contribution in [0.4, 0.5) is 11.4 Å². The predicted molar refractivity (Wildman–Crippen MR) is 184 cm³/mol. The molecule has 3 amide bonds. The number of imide groups is 1. The van der Waals surface area contributed by atoms with Crippen molar-refractivity contribution in [3.05, 3.63) is 89.4 Å². The first-order valence-corrected chi connectivity index (χ1v) is 16.3. The van der Waals surface area contributed by atoms with Gasteiger partial charge in [-0.3, -0.25) is 24.2 Å². The van der Waals surface area contributed by atoms with E-state index in [1.165, 1.54) is 18.9 Å². The summed E-state index contributed by atoms with van der Waals surface area (Å²) >= 11 is 0. The van der Waals surface area contributed by atoms with Crippen molar-refractivity contribution in [2.45, 2.75) is 58.5 Å². The maximum atomic E-state index is 13.2. The highest BCUT2D eigenvalue weighted by molar-refractivity contribution is 6.23. The molecule has 11 nitrogen and oxygen atoms in total. The number of anilines is 2. The molecule has 2 aliphatic rings. The standard InChI is InChI=1S/C36H43N7O4/c1-4-10-27(23-44)43-35(46)28(5-2)33(36(43)47)29(6-3)38-18-9-17-37-25-13-11-24(12-14-25)34(45)39-26-15-16-30-31(21-26)41-32(40-30)22-42-19-7-8-20-42/h5-6,11-16,21,23,27,37-38H,2,4,7-10,17-20,22H2,1,3H3,(H,39,45)(H,40,41)/b29-6+.